The van der Waals surface area contributed by atoms with Gasteiger partial charge in [-0.05, 0) is 19.1 Å². The van der Waals surface area contributed by atoms with Crippen LogP contribution in [0.25, 0.3) is 10.9 Å². The lowest BCUT2D eigenvalue weighted by Crippen LogP contribution is -2.46. The van der Waals surface area contributed by atoms with E-state index in [1.807, 2.05) is 0 Å². The number of rotatable bonds is 7. The lowest BCUT2D eigenvalue weighted by atomic mass is 10.2. The number of benzene rings is 1. The Bertz CT molecular complexity index is 858. The fourth-order valence-electron chi connectivity index (χ4n) is 2.53. The zero-order valence-corrected chi connectivity index (χ0v) is 15.0. The SMILES string of the molecule is COc1cc2cc(C(=O)NC(C)C(=O)NCC(=O)O)n(C)c2cc1OC. The van der Waals surface area contributed by atoms with E-state index < -0.39 is 30.4 Å². The summed E-state index contributed by atoms with van der Waals surface area (Å²) in [7, 11) is 4.77. The van der Waals surface area contributed by atoms with Crippen LogP contribution in [0.3, 0.4) is 0 Å². The first-order valence-electron chi connectivity index (χ1n) is 7.80. The number of carboxylic acids is 1. The minimum atomic E-state index is -1.16. The van der Waals surface area contributed by atoms with Gasteiger partial charge >= 0.3 is 5.97 Å². The van der Waals surface area contributed by atoms with Crippen LogP contribution in [0.4, 0.5) is 0 Å². The van der Waals surface area contributed by atoms with Crippen molar-refractivity contribution in [3.8, 4) is 11.5 Å². The van der Waals surface area contributed by atoms with Crippen LogP contribution in [-0.2, 0) is 16.6 Å². The molecular formula is C17H21N3O6. The molecule has 0 fully saturated rings. The Morgan fingerprint density at radius 3 is 2.35 bits per heavy atom. The predicted octanol–water partition coefficient (Wildman–Crippen LogP) is 0.515. The maximum Gasteiger partial charge on any atom is 0.322 e. The number of amides is 2. The number of ether oxygens (including phenoxy) is 2. The number of nitrogens with zero attached hydrogens (tertiary/aromatic N) is 1. The Kier molecular flexibility index (Phi) is 5.71. The number of fused-ring (bicyclic) bond motifs is 1. The molecule has 0 saturated carbocycles. The molecule has 26 heavy (non-hydrogen) atoms. The molecule has 0 spiro atoms. The zero-order valence-electron chi connectivity index (χ0n) is 15.0. The fourth-order valence-corrected chi connectivity index (χ4v) is 2.53. The Labute approximate surface area is 149 Å². The zero-order chi connectivity index (χ0) is 19.4. The highest BCUT2D eigenvalue weighted by atomic mass is 16.5. The van der Waals surface area contributed by atoms with Crippen molar-refractivity contribution in [1.29, 1.82) is 0 Å². The molecule has 0 saturated heterocycles. The predicted molar refractivity (Wildman–Crippen MR) is 93.6 cm³/mol. The van der Waals surface area contributed by atoms with E-state index in [-0.39, 0.29) is 0 Å². The average Bonchev–Trinajstić information content (AvgIpc) is 2.94. The summed E-state index contributed by atoms with van der Waals surface area (Å²) in [6, 6.07) is 4.31. The van der Waals surface area contributed by atoms with Crippen molar-refractivity contribution in [2.75, 3.05) is 20.8 Å². The van der Waals surface area contributed by atoms with Crippen molar-refractivity contribution >= 4 is 28.7 Å². The van der Waals surface area contributed by atoms with Gasteiger partial charge in [-0.15, -0.1) is 0 Å². The molecule has 140 valence electrons. The first-order valence-corrected chi connectivity index (χ1v) is 7.80. The van der Waals surface area contributed by atoms with Gasteiger partial charge in [0.2, 0.25) is 5.91 Å². The number of nitrogens with one attached hydrogen (secondary N) is 2. The third kappa shape index (κ3) is 3.88. The number of aromatic nitrogens is 1. The number of carboxylic acid groups (broad SMARTS) is 1. The Hall–Kier alpha value is -3.23. The summed E-state index contributed by atoms with van der Waals surface area (Å²) in [5.74, 6) is -1.12. The van der Waals surface area contributed by atoms with Gasteiger partial charge in [0.05, 0.1) is 19.7 Å². The smallest absolute Gasteiger partial charge is 0.322 e. The maximum atomic E-state index is 12.5. The number of aryl methyl sites for hydroxylation is 1. The number of hydrogen-bond donors (Lipinski definition) is 3. The normalized spacial score (nSPS) is 11.7. The van der Waals surface area contributed by atoms with Gasteiger partial charge in [-0.2, -0.15) is 0 Å². The number of aliphatic carboxylic acids is 1. The highest BCUT2D eigenvalue weighted by Crippen LogP contribution is 2.33. The molecule has 9 heteroatoms. The second-order valence-corrected chi connectivity index (χ2v) is 5.66. The van der Waals surface area contributed by atoms with E-state index in [2.05, 4.69) is 10.6 Å². The maximum absolute atomic E-state index is 12.5. The highest BCUT2D eigenvalue weighted by molar-refractivity contribution is 6.01. The van der Waals surface area contributed by atoms with Crippen LogP contribution in [0.2, 0.25) is 0 Å². The van der Waals surface area contributed by atoms with Crippen molar-refractivity contribution in [1.82, 2.24) is 15.2 Å². The highest BCUT2D eigenvalue weighted by Gasteiger charge is 2.20. The van der Waals surface area contributed by atoms with Crippen LogP contribution in [0.1, 0.15) is 17.4 Å². The van der Waals surface area contributed by atoms with E-state index in [9.17, 15) is 14.4 Å². The van der Waals surface area contributed by atoms with Crippen molar-refractivity contribution < 1.29 is 29.0 Å². The van der Waals surface area contributed by atoms with Crippen LogP contribution in [0.5, 0.6) is 11.5 Å². The lowest BCUT2D eigenvalue weighted by molar-refractivity contribution is -0.138. The summed E-state index contributed by atoms with van der Waals surface area (Å²) in [6.45, 7) is 0.969. The Balaban J connectivity index is 2.23. The molecule has 2 rings (SSSR count). The van der Waals surface area contributed by atoms with E-state index >= 15 is 0 Å². The van der Waals surface area contributed by atoms with Crippen LogP contribution in [0.15, 0.2) is 18.2 Å². The van der Waals surface area contributed by atoms with Gasteiger partial charge in [-0.25, -0.2) is 0 Å². The molecule has 1 unspecified atom stereocenters. The van der Waals surface area contributed by atoms with Gasteiger partial charge in [0, 0.05) is 18.5 Å². The molecule has 0 aliphatic rings. The van der Waals surface area contributed by atoms with Gasteiger partial charge < -0.3 is 29.8 Å². The fraction of sp³-hybridized carbons (Fsp3) is 0.353. The molecular weight excluding hydrogens is 342 g/mol. The van der Waals surface area contributed by atoms with Crippen molar-refractivity contribution in [2.24, 2.45) is 7.05 Å². The standard InChI is InChI=1S/C17H21N3O6/c1-9(16(23)18-8-15(21)22)19-17(24)12-5-10-6-13(25-3)14(26-4)7-11(10)20(12)2/h5-7,9H,8H2,1-4H3,(H,18,23)(H,19,24)(H,21,22). The third-order valence-corrected chi connectivity index (χ3v) is 3.94. The number of carbonyl (C=O) groups excluding carboxylic acids is 2. The summed E-state index contributed by atoms with van der Waals surface area (Å²) < 4.78 is 12.2. The van der Waals surface area contributed by atoms with Crippen LogP contribution >= 0.6 is 0 Å². The molecule has 1 heterocycles. The Morgan fingerprint density at radius 2 is 1.77 bits per heavy atom. The van der Waals surface area contributed by atoms with Gasteiger partial charge in [0.1, 0.15) is 18.3 Å². The lowest BCUT2D eigenvalue weighted by Gasteiger charge is -2.13. The molecule has 1 aromatic carbocycles. The van der Waals surface area contributed by atoms with Crippen molar-refractivity contribution in [3.05, 3.63) is 23.9 Å². The first-order chi connectivity index (χ1) is 12.3. The average molecular weight is 363 g/mol. The minimum absolute atomic E-state index is 0.341. The molecule has 1 atom stereocenters. The van der Waals surface area contributed by atoms with Gasteiger partial charge in [0.15, 0.2) is 11.5 Å². The quantitative estimate of drug-likeness (QED) is 0.660. The minimum Gasteiger partial charge on any atom is -0.493 e. The molecule has 0 radical (unpaired) electrons. The number of hydrogen-bond acceptors (Lipinski definition) is 5. The van der Waals surface area contributed by atoms with E-state index in [1.54, 1.807) is 29.8 Å². The van der Waals surface area contributed by atoms with Crippen LogP contribution in [-0.4, -0.2) is 54.3 Å². The molecule has 0 bridgehead atoms. The van der Waals surface area contributed by atoms with Gasteiger partial charge in [-0.1, -0.05) is 0 Å². The largest absolute Gasteiger partial charge is 0.493 e. The Morgan fingerprint density at radius 1 is 1.15 bits per heavy atom. The van der Waals surface area contributed by atoms with Crippen molar-refractivity contribution in [3.63, 3.8) is 0 Å². The molecule has 0 aliphatic heterocycles. The molecule has 9 nitrogen and oxygen atoms in total. The first kappa shape index (κ1) is 19.1. The molecule has 2 amide bonds. The van der Waals surface area contributed by atoms with Crippen LogP contribution in [0, 0.1) is 0 Å². The third-order valence-electron chi connectivity index (χ3n) is 3.94. The van der Waals surface area contributed by atoms with Crippen LogP contribution < -0.4 is 20.1 Å². The summed E-state index contributed by atoms with van der Waals surface area (Å²) in [5.41, 5.74) is 1.10. The van der Waals surface area contributed by atoms with E-state index in [0.29, 0.717) is 17.2 Å². The second kappa shape index (κ2) is 7.77. The van der Waals surface area contributed by atoms with E-state index in [0.717, 1.165) is 10.9 Å². The van der Waals surface area contributed by atoms with E-state index in [4.69, 9.17) is 14.6 Å². The molecule has 1 aromatic heterocycles. The molecule has 0 aliphatic carbocycles. The summed E-state index contributed by atoms with van der Waals surface area (Å²) >= 11 is 0. The summed E-state index contributed by atoms with van der Waals surface area (Å²) in [5, 5.41) is 14.1. The molecule has 3 N–H and O–H groups in total. The monoisotopic (exact) mass is 363 g/mol. The number of methoxy groups -OCH3 is 2. The van der Waals surface area contributed by atoms with Gasteiger partial charge in [-0.3, -0.25) is 14.4 Å². The van der Waals surface area contributed by atoms with E-state index in [1.165, 1.54) is 21.1 Å². The van der Waals surface area contributed by atoms with Gasteiger partial charge in [0.25, 0.3) is 5.91 Å². The summed E-state index contributed by atoms with van der Waals surface area (Å²) in [4.78, 5) is 34.8. The van der Waals surface area contributed by atoms with Crippen molar-refractivity contribution in [2.45, 2.75) is 13.0 Å². The topological polar surface area (TPSA) is 119 Å². The summed E-state index contributed by atoms with van der Waals surface area (Å²) in [6.07, 6.45) is 0. The second-order valence-electron chi connectivity index (χ2n) is 5.66. The number of carbonyl (C=O) groups is 3. The molecule has 2 aromatic rings.